The third-order valence-electron chi connectivity index (χ3n) is 2.81. The van der Waals surface area contributed by atoms with Crippen LogP contribution < -0.4 is 15.4 Å². The van der Waals surface area contributed by atoms with Crippen molar-refractivity contribution in [1.29, 1.82) is 0 Å². The second-order valence-electron chi connectivity index (χ2n) is 4.46. The summed E-state index contributed by atoms with van der Waals surface area (Å²) in [7, 11) is 0. The van der Waals surface area contributed by atoms with Crippen LogP contribution in [0.3, 0.4) is 0 Å². The highest BCUT2D eigenvalue weighted by Gasteiger charge is 2.10. The van der Waals surface area contributed by atoms with E-state index in [1.165, 1.54) is 18.2 Å². The van der Waals surface area contributed by atoms with Crippen LogP contribution in [0.4, 0.5) is 11.4 Å². The molecule has 2 N–H and O–H groups in total. The maximum atomic E-state index is 10.8. The molecule has 0 aliphatic rings. The van der Waals surface area contributed by atoms with Crippen LogP contribution in [0, 0.1) is 10.1 Å². The molecule has 23 heavy (non-hydrogen) atoms. The molecule has 8 heteroatoms. The third-order valence-corrected chi connectivity index (χ3v) is 3.38. The van der Waals surface area contributed by atoms with Crippen LogP contribution in [0.1, 0.15) is 0 Å². The normalized spacial score (nSPS) is 9.96. The lowest BCUT2D eigenvalue weighted by molar-refractivity contribution is -0.384. The van der Waals surface area contributed by atoms with Crippen molar-refractivity contribution in [3.63, 3.8) is 0 Å². The quantitative estimate of drug-likeness (QED) is 0.358. The zero-order valence-electron chi connectivity index (χ0n) is 12.0. The highest BCUT2D eigenvalue weighted by atomic mass is 35.5. The molecule has 0 saturated heterocycles. The summed E-state index contributed by atoms with van der Waals surface area (Å²) in [5.74, 6) is 0.773. The van der Waals surface area contributed by atoms with Gasteiger partial charge in [0.25, 0.3) is 5.69 Å². The van der Waals surface area contributed by atoms with Gasteiger partial charge in [0.1, 0.15) is 12.4 Å². The highest BCUT2D eigenvalue weighted by molar-refractivity contribution is 7.80. The molecule has 0 fully saturated rings. The highest BCUT2D eigenvalue weighted by Crippen LogP contribution is 2.26. The number of hydrogen-bond donors (Lipinski definition) is 2. The van der Waals surface area contributed by atoms with Crippen molar-refractivity contribution in [2.75, 3.05) is 18.5 Å². The number of para-hydroxylation sites is 1. The summed E-state index contributed by atoms with van der Waals surface area (Å²) in [5.41, 5.74) is 0.314. The minimum Gasteiger partial charge on any atom is -0.492 e. The molecule has 0 aromatic heterocycles. The van der Waals surface area contributed by atoms with Gasteiger partial charge in [0.05, 0.1) is 22.2 Å². The van der Waals surface area contributed by atoms with Gasteiger partial charge >= 0.3 is 0 Å². The molecule has 0 aliphatic heterocycles. The lowest BCUT2D eigenvalue weighted by Gasteiger charge is -2.12. The molecule has 0 bridgehead atoms. The van der Waals surface area contributed by atoms with E-state index in [2.05, 4.69) is 10.6 Å². The monoisotopic (exact) mass is 351 g/mol. The molecule has 2 rings (SSSR count). The fourth-order valence-corrected chi connectivity index (χ4v) is 2.12. The first-order valence-corrected chi connectivity index (χ1v) is 7.51. The predicted octanol–water partition coefficient (Wildman–Crippen LogP) is 3.61. The van der Waals surface area contributed by atoms with Crippen LogP contribution in [-0.4, -0.2) is 23.2 Å². The zero-order valence-corrected chi connectivity index (χ0v) is 13.6. The lowest BCUT2D eigenvalue weighted by Crippen LogP contribution is -2.32. The SMILES string of the molecule is O=[N+]([O-])c1ccc(Cl)c(NC(=S)NCCOc2ccccc2)c1. The summed E-state index contributed by atoms with van der Waals surface area (Å²) in [6, 6.07) is 13.5. The number of non-ortho nitro benzene ring substituents is 1. The predicted molar refractivity (Wildman–Crippen MR) is 94.3 cm³/mol. The summed E-state index contributed by atoms with van der Waals surface area (Å²) in [6.07, 6.45) is 0. The number of halogens is 1. The Morgan fingerprint density at radius 1 is 1.26 bits per heavy atom. The molecule has 0 amide bonds. The van der Waals surface area contributed by atoms with E-state index in [0.29, 0.717) is 29.0 Å². The number of hydrogen-bond acceptors (Lipinski definition) is 4. The van der Waals surface area contributed by atoms with E-state index in [-0.39, 0.29) is 5.69 Å². The molecule has 0 atom stereocenters. The smallest absolute Gasteiger partial charge is 0.271 e. The second kappa shape index (κ2) is 8.30. The Kier molecular flexibility index (Phi) is 6.13. The summed E-state index contributed by atoms with van der Waals surface area (Å²) < 4.78 is 5.52. The van der Waals surface area contributed by atoms with E-state index < -0.39 is 4.92 Å². The van der Waals surface area contributed by atoms with Gasteiger partial charge in [-0.15, -0.1) is 0 Å². The fraction of sp³-hybridized carbons (Fsp3) is 0.133. The molecule has 0 spiro atoms. The fourth-order valence-electron chi connectivity index (χ4n) is 1.74. The van der Waals surface area contributed by atoms with Gasteiger partial charge < -0.3 is 15.4 Å². The van der Waals surface area contributed by atoms with Crippen molar-refractivity contribution in [1.82, 2.24) is 5.32 Å². The van der Waals surface area contributed by atoms with Gasteiger partial charge in [0.15, 0.2) is 5.11 Å². The Morgan fingerprint density at radius 2 is 2.00 bits per heavy atom. The largest absolute Gasteiger partial charge is 0.492 e. The van der Waals surface area contributed by atoms with Gasteiger partial charge in [-0.3, -0.25) is 10.1 Å². The van der Waals surface area contributed by atoms with Crippen LogP contribution >= 0.6 is 23.8 Å². The second-order valence-corrected chi connectivity index (χ2v) is 5.28. The van der Waals surface area contributed by atoms with Crippen LogP contribution in [-0.2, 0) is 0 Å². The summed E-state index contributed by atoms with van der Waals surface area (Å²) >= 11 is 11.1. The maximum absolute atomic E-state index is 10.8. The van der Waals surface area contributed by atoms with E-state index in [0.717, 1.165) is 5.75 Å². The first kappa shape index (κ1) is 17.0. The third kappa shape index (κ3) is 5.39. The van der Waals surface area contributed by atoms with Gasteiger partial charge in [-0.2, -0.15) is 0 Å². The van der Waals surface area contributed by atoms with E-state index in [1.54, 1.807) is 0 Å². The summed E-state index contributed by atoms with van der Waals surface area (Å²) in [4.78, 5) is 10.3. The van der Waals surface area contributed by atoms with Gasteiger partial charge in [0, 0.05) is 12.1 Å². The van der Waals surface area contributed by atoms with Crippen LogP contribution in [0.5, 0.6) is 5.75 Å². The number of nitrogens with zero attached hydrogens (tertiary/aromatic N) is 1. The minimum absolute atomic E-state index is 0.0629. The van der Waals surface area contributed by atoms with E-state index in [4.69, 9.17) is 28.6 Å². The molecule has 120 valence electrons. The number of rotatable bonds is 6. The van der Waals surface area contributed by atoms with Crippen LogP contribution in [0.25, 0.3) is 0 Å². The molecule has 2 aromatic rings. The minimum atomic E-state index is -0.494. The molecule has 0 heterocycles. The first-order chi connectivity index (χ1) is 11.1. The summed E-state index contributed by atoms with van der Waals surface area (Å²) in [6.45, 7) is 0.905. The average molecular weight is 352 g/mol. The van der Waals surface area contributed by atoms with Crippen LogP contribution in [0.15, 0.2) is 48.5 Å². The standard InChI is InChI=1S/C15H14ClN3O3S/c16-13-7-6-11(19(20)21)10-14(13)18-15(23)17-8-9-22-12-4-2-1-3-5-12/h1-7,10H,8-9H2,(H2,17,18,23). The number of nitrogens with one attached hydrogen (secondary N) is 2. The topological polar surface area (TPSA) is 76.4 Å². The van der Waals surface area contributed by atoms with Crippen molar-refractivity contribution in [3.8, 4) is 5.75 Å². The number of nitro groups is 1. The van der Waals surface area contributed by atoms with Gasteiger partial charge in [-0.25, -0.2) is 0 Å². The van der Waals surface area contributed by atoms with Gasteiger partial charge in [-0.05, 0) is 30.4 Å². The molecule has 0 saturated carbocycles. The zero-order chi connectivity index (χ0) is 16.7. The van der Waals surface area contributed by atoms with E-state index in [9.17, 15) is 10.1 Å². The number of ether oxygens (including phenoxy) is 1. The lowest BCUT2D eigenvalue weighted by atomic mass is 10.3. The Labute approximate surface area is 143 Å². The number of anilines is 1. The van der Waals surface area contributed by atoms with E-state index in [1.807, 2.05) is 30.3 Å². The Bertz CT molecular complexity index is 698. The first-order valence-electron chi connectivity index (χ1n) is 6.73. The molecule has 0 unspecified atom stereocenters. The molecular weight excluding hydrogens is 338 g/mol. The van der Waals surface area contributed by atoms with Crippen molar-refractivity contribution < 1.29 is 9.66 Å². The maximum Gasteiger partial charge on any atom is 0.271 e. The molecule has 2 aromatic carbocycles. The number of nitro benzene ring substituents is 1. The average Bonchev–Trinajstić information content (AvgIpc) is 2.54. The Hall–Kier alpha value is -2.38. The number of thiocarbonyl (C=S) groups is 1. The Balaban J connectivity index is 1.81. The van der Waals surface area contributed by atoms with Gasteiger partial charge in [0.2, 0.25) is 0 Å². The van der Waals surface area contributed by atoms with Crippen molar-refractivity contribution in [3.05, 3.63) is 63.7 Å². The van der Waals surface area contributed by atoms with Crippen LogP contribution in [0.2, 0.25) is 5.02 Å². The molecule has 0 radical (unpaired) electrons. The number of benzene rings is 2. The Morgan fingerprint density at radius 3 is 2.70 bits per heavy atom. The summed E-state index contributed by atoms with van der Waals surface area (Å²) in [5, 5.41) is 17.2. The molecular formula is C15H14ClN3O3S. The van der Waals surface area contributed by atoms with Crippen molar-refractivity contribution in [2.24, 2.45) is 0 Å². The van der Waals surface area contributed by atoms with Crippen molar-refractivity contribution >= 4 is 40.3 Å². The van der Waals surface area contributed by atoms with Crippen molar-refractivity contribution in [2.45, 2.75) is 0 Å². The van der Waals surface area contributed by atoms with E-state index >= 15 is 0 Å². The van der Waals surface area contributed by atoms with Gasteiger partial charge in [-0.1, -0.05) is 29.8 Å². The molecule has 6 nitrogen and oxygen atoms in total. The molecule has 0 aliphatic carbocycles.